The number of hydrogen-bond donors (Lipinski definition) is 1. The van der Waals surface area contributed by atoms with E-state index in [1.54, 1.807) is 18.2 Å². The van der Waals surface area contributed by atoms with Crippen LogP contribution in [-0.4, -0.2) is 37.6 Å². The van der Waals surface area contributed by atoms with Crippen LogP contribution in [0.3, 0.4) is 0 Å². The molecule has 1 aliphatic heterocycles. The van der Waals surface area contributed by atoms with Crippen molar-refractivity contribution in [2.45, 2.75) is 31.7 Å². The molecule has 0 bridgehead atoms. The zero-order chi connectivity index (χ0) is 14.4. The smallest absolute Gasteiger partial charge is 0.387 e. The molecule has 1 heterocycles. The van der Waals surface area contributed by atoms with Gasteiger partial charge in [0.2, 0.25) is 0 Å². The average molecular weight is 288 g/mol. The molecule has 0 radical (unpaired) electrons. The molecule has 0 amide bonds. The van der Waals surface area contributed by atoms with E-state index < -0.39 is 12.7 Å². The quantitative estimate of drug-likeness (QED) is 0.874. The van der Waals surface area contributed by atoms with Gasteiger partial charge in [-0.05, 0) is 18.9 Å². The monoisotopic (exact) mass is 288 g/mol. The summed E-state index contributed by atoms with van der Waals surface area (Å²) in [5.41, 5.74) is 0.432. The van der Waals surface area contributed by atoms with Crippen LogP contribution in [0.25, 0.3) is 0 Å². The maximum atomic E-state index is 12.4. The van der Waals surface area contributed by atoms with E-state index in [1.165, 1.54) is 6.07 Å². The van der Waals surface area contributed by atoms with E-state index in [9.17, 15) is 13.9 Å². The van der Waals surface area contributed by atoms with Gasteiger partial charge in [-0.3, -0.25) is 0 Å². The van der Waals surface area contributed by atoms with Crippen LogP contribution < -0.4 is 4.74 Å². The molecule has 0 unspecified atom stereocenters. The number of rotatable bonds is 6. The Hall–Kier alpha value is -1.24. The minimum absolute atomic E-state index is 0.0357. The van der Waals surface area contributed by atoms with Gasteiger partial charge >= 0.3 is 6.61 Å². The van der Waals surface area contributed by atoms with Crippen molar-refractivity contribution in [3.05, 3.63) is 29.8 Å². The molecule has 0 aliphatic carbocycles. The highest BCUT2D eigenvalue weighted by Crippen LogP contribution is 2.30. The summed E-state index contributed by atoms with van der Waals surface area (Å²) in [6.45, 7) is -1.98. The molecule has 1 fully saturated rings. The lowest BCUT2D eigenvalue weighted by molar-refractivity contribution is -0.0889. The maximum absolute atomic E-state index is 12.4. The first-order valence-corrected chi connectivity index (χ1v) is 6.58. The van der Waals surface area contributed by atoms with Crippen molar-refractivity contribution in [2.75, 3.05) is 19.8 Å². The fourth-order valence-electron chi connectivity index (χ4n) is 2.21. The zero-order valence-electron chi connectivity index (χ0n) is 11.0. The highest BCUT2D eigenvalue weighted by molar-refractivity contribution is 5.35. The van der Waals surface area contributed by atoms with Gasteiger partial charge in [-0.15, -0.1) is 0 Å². The molecule has 6 heteroatoms. The summed E-state index contributed by atoms with van der Waals surface area (Å²) < 4.78 is 40.3. The van der Waals surface area contributed by atoms with Gasteiger partial charge in [0.05, 0.1) is 12.7 Å². The SMILES string of the molecule is OC[C@H](OC1CCOCC1)c1ccccc1OC(F)F. The molecule has 1 saturated heterocycles. The fourth-order valence-corrected chi connectivity index (χ4v) is 2.21. The number of ether oxygens (including phenoxy) is 3. The minimum Gasteiger partial charge on any atom is -0.434 e. The van der Waals surface area contributed by atoms with Gasteiger partial charge in [-0.25, -0.2) is 0 Å². The number of hydrogen-bond acceptors (Lipinski definition) is 4. The third-order valence-corrected chi connectivity index (χ3v) is 3.17. The summed E-state index contributed by atoms with van der Waals surface area (Å²) in [7, 11) is 0. The fraction of sp³-hybridized carbons (Fsp3) is 0.571. The Morgan fingerprint density at radius 2 is 1.95 bits per heavy atom. The van der Waals surface area contributed by atoms with Crippen molar-refractivity contribution >= 4 is 0 Å². The van der Waals surface area contributed by atoms with E-state index in [1.807, 2.05) is 0 Å². The van der Waals surface area contributed by atoms with Crippen molar-refractivity contribution in [1.82, 2.24) is 0 Å². The van der Waals surface area contributed by atoms with Crippen LogP contribution in [0.1, 0.15) is 24.5 Å². The van der Waals surface area contributed by atoms with Gasteiger partial charge in [0, 0.05) is 18.8 Å². The predicted molar refractivity (Wildman–Crippen MR) is 67.8 cm³/mol. The Bertz CT molecular complexity index is 408. The van der Waals surface area contributed by atoms with Gasteiger partial charge in [-0.1, -0.05) is 18.2 Å². The van der Waals surface area contributed by atoms with Crippen LogP contribution in [0.4, 0.5) is 8.78 Å². The summed E-state index contributed by atoms with van der Waals surface area (Å²) in [4.78, 5) is 0. The molecule has 0 aromatic heterocycles. The first-order chi connectivity index (χ1) is 9.70. The highest BCUT2D eigenvalue weighted by Gasteiger charge is 2.23. The summed E-state index contributed by atoms with van der Waals surface area (Å²) in [6.07, 6.45) is 0.747. The summed E-state index contributed by atoms with van der Waals surface area (Å²) in [5.74, 6) is 0.0357. The average Bonchev–Trinajstić information content (AvgIpc) is 2.46. The second-order valence-corrected chi connectivity index (χ2v) is 4.54. The number of benzene rings is 1. The molecule has 1 atom stereocenters. The van der Waals surface area contributed by atoms with E-state index in [4.69, 9.17) is 9.47 Å². The Morgan fingerprint density at radius 3 is 2.60 bits per heavy atom. The molecule has 112 valence electrons. The highest BCUT2D eigenvalue weighted by atomic mass is 19.3. The molecule has 0 saturated carbocycles. The van der Waals surface area contributed by atoms with Gasteiger partial charge < -0.3 is 19.3 Å². The normalized spacial score (nSPS) is 18.2. The van der Waals surface area contributed by atoms with Gasteiger partial charge in [0.25, 0.3) is 0 Å². The molecule has 1 aromatic rings. The molecule has 2 rings (SSSR count). The Balaban J connectivity index is 2.09. The molecular weight excluding hydrogens is 270 g/mol. The maximum Gasteiger partial charge on any atom is 0.387 e. The molecule has 20 heavy (non-hydrogen) atoms. The lowest BCUT2D eigenvalue weighted by Gasteiger charge is -2.27. The summed E-state index contributed by atoms with van der Waals surface area (Å²) in [6, 6.07) is 6.36. The third-order valence-electron chi connectivity index (χ3n) is 3.17. The second-order valence-electron chi connectivity index (χ2n) is 4.54. The summed E-state index contributed by atoms with van der Waals surface area (Å²) >= 11 is 0. The van der Waals surface area contributed by atoms with Gasteiger partial charge in [0.15, 0.2) is 0 Å². The van der Waals surface area contributed by atoms with Crippen LogP contribution in [0, 0.1) is 0 Å². The second kappa shape index (κ2) is 7.52. The van der Waals surface area contributed by atoms with E-state index >= 15 is 0 Å². The zero-order valence-corrected chi connectivity index (χ0v) is 11.0. The van der Waals surface area contributed by atoms with Crippen molar-refractivity contribution in [3.63, 3.8) is 0 Å². The Labute approximate surface area is 116 Å². The van der Waals surface area contributed by atoms with Gasteiger partial charge in [-0.2, -0.15) is 8.78 Å². The van der Waals surface area contributed by atoms with Crippen LogP contribution >= 0.6 is 0 Å². The van der Waals surface area contributed by atoms with Crippen molar-refractivity contribution in [2.24, 2.45) is 0 Å². The van der Waals surface area contributed by atoms with Crippen molar-refractivity contribution in [1.29, 1.82) is 0 Å². The predicted octanol–water partition coefficient (Wildman–Crippen LogP) is 2.52. The van der Waals surface area contributed by atoms with Crippen molar-refractivity contribution in [3.8, 4) is 5.75 Å². The topological polar surface area (TPSA) is 47.9 Å². The first kappa shape index (κ1) is 15.2. The first-order valence-electron chi connectivity index (χ1n) is 6.58. The Morgan fingerprint density at radius 1 is 1.25 bits per heavy atom. The lowest BCUT2D eigenvalue weighted by Crippen LogP contribution is -2.26. The molecule has 1 aromatic carbocycles. The van der Waals surface area contributed by atoms with Crippen molar-refractivity contribution < 1.29 is 28.1 Å². The minimum atomic E-state index is -2.90. The van der Waals surface area contributed by atoms with E-state index in [0.29, 0.717) is 18.8 Å². The standard InChI is InChI=1S/C14H18F2O4/c15-14(16)20-12-4-2-1-3-11(12)13(9-17)19-10-5-7-18-8-6-10/h1-4,10,13-14,17H,5-9H2/t13-/m0/s1. The van der Waals surface area contributed by atoms with Crippen LogP contribution in [-0.2, 0) is 9.47 Å². The molecular formula is C14H18F2O4. The molecule has 4 nitrogen and oxygen atoms in total. The van der Waals surface area contributed by atoms with Crippen LogP contribution in [0.15, 0.2) is 24.3 Å². The number of para-hydroxylation sites is 1. The molecule has 1 N–H and O–H groups in total. The van der Waals surface area contributed by atoms with E-state index in [-0.39, 0.29) is 18.5 Å². The number of halogens is 2. The summed E-state index contributed by atoms with van der Waals surface area (Å²) in [5, 5.41) is 9.47. The van der Waals surface area contributed by atoms with Crippen LogP contribution in [0.5, 0.6) is 5.75 Å². The van der Waals surface area contributed by atoms with Gasteiger partial charge in [0.1, 0.15) is 11.9 Å². The lowest BCUT2D eigenvalue weighted by atomic mass is 10.1. The Kier molecular flexibility index (Phi) is 5.70. The number of aliphatic hydroxyl groups is 1. The molecule has 0 spiro atoms. The van der Waals surface area contributed by atoms with E-state index in [0.717, 1.165) is 12.8 Å². The third kappa shape index (κ3) is 4.13. The number of alkyl halides is 2. The molecule has 1 aliphatic rings. The van der Waals surface area contributed by atoms with E-state index in [2.05, 4.69) is 4.74 Å². The largest absolute Gasteiger partial charge is 0.434 e. The number of aliphatic hydroxyl groups excluding tert-OH is 1. The van der Waals surface area contributed by atoms with Crippen LogP contribution in [0.2, 0.25) is 0 Å².